The average Bonchev–Trinajstić information content (AvgIpc) is 2.36. The van der Waals surface area contributed by atoms with Crippen molar-refractivity contribution in [2.75, 3.05) is 32.8 Å². The van der Waals surface area contributed by atoms with Crippen LogP contribution >= 0.6 is 0 Å². The zero-order chi connectivity index (χ0) is 12.5. The number of nitrogens with zero attached hydrogens (tertiary/aromatic N) is 1. The minimum Gasteiger partial charge on any atom is -0.378 e. The lowest BCUT2D eigenvalue weighted by molar-refractivity contribution is 0.00594. The van der Waals surface area contributed by atoms with E-state index in [1.807, 2.05) is 0 Å². The molecule has 1 aliphatic rings. The van der Waals surface area contributed by atoms with Gasteiger partial charge in [-0.25, -0.2) is 0 Å². The molecule has 0 amide bonds. The highest BCUT2D eigenvalue weighted by atomic mass is 16.5. The van der Waals surface area contributed by atoms with E-state index in [4.69, 9.17) is 4.74 Å². The van der Waals surface area contributed by atoms with Gasteiger partial charge < -0.3 is 10.1 Å². The molecule has 1 atom stereocenters. The van der Waals surface area contributed by atoms with Gasteiger partial charge >= 0.3 is 0 Å². The normalized spacial score (nSPS) is 20.6. The number of hydrogen-bond acceptors (Lipinski definition) is 3. The van der Waals surface area contributed by atoms with Crippen molar-refractivity contribution in [3.05, 3.63) is 0 Å². The van der Waals surface area contributed by atoms with E-state index in [9.17, 15) is 0 Å². The molecular formula is C14H30N2O. The van der Waals surface area contributed by atoms with Crippen molar-refractivity contribution in [2.24, 2.45) is 0 Å². The van der Waals surface area contributed by atoms with E-state index >= 15 is 0 Å². The fourth-order valence-electron chi connectivity index (χ4n) is 2.46. The first-order chi connectivity index (χ1) is 8.27. The van der Waals surface area contributed by atoms with Gasteiger partial charge in [0.2, 0.25) is 0 Å². The molecular weight excluding hydrogens is 212 g/mol. The summed E-state index contributed by atoms with van der Waals surface area (Å²) in [6.07, 6.45) is 5.48. The van der Waals surface area contributed by atoms with Crippen molar-refractivity contribution in [1.29, 1.82) is 0 Å². The lowest BCUT2D eigenvalue weighted by atomic mass is 10.1. The summed E-state index contributed by atoms with van der Waals surface area (Å²) < 4.78 is 5.68. The quantitative estimate of drug-likeness (QED) is 0.661. The van der Waals surface area contributed by atoms with Crippen molar-refractivity contribution in [3.63, 3.8) is 0 Å². The summed E-state index contributed by atoms with van der Waals surface area (Å²) in [4.78, 5) is 2.59. The molecule has 0 bridgehead atoms. The van der Waals surface area contributed by atoms with E-state index in [1.165, 1.54) is 38.8 Å². The zero-order valence-electron chi connectivity index (χ0n) is 11.9. The third-order valence-corrected chi connectivity index (χ3v) is 3.65. The molecule has 0 aromatic heterocycles. The molecule has 0 aromatic rings. The molecule has 0 spiro atoms. The van der Waals surface area contributed by atoms with Gasteiger partial charge in [0, 0.05) is 32.3 Å². The van der Waals surface area contributed by atoms with Gasteiger partial charge in [-0.1, -0.05) is 13.3 Å². The molecule has 0 aromatic carbocycles. The van der Waals surface area contributed by atoms with Crippen LogP contribution < -0.4 is 5.32 Å². The SMILES string of the molecule is CCCCNCC(C)N1CCC(OCC)CC1. The van der Waals surface area contributed by atoms with E-state index in [1.54, 1.807) is 0 Å². The highest BCUT2D eigenvalue weighted by Gasteiger charge is 2.22. The van der Waals surface area contributed by atoms with Crippen LogP contribution in [0.25, 0.3) is 0 Å². The largest absolute Gasteiger partial charge is 0.378 e. The smallest absolute Gasteiger partial charge is 0.0599 e. The number of unbranched alkanes of at least 4 members (excludes halogenated alkanes) is 1. The van der Waals surface area contributed by atoms with Gasteiger partial charge in [-0.05, 0) is 39.7 Å². The minimum absolute atomic E-state index is 0.511. The maximum atomic E-state index is 5.68. The van der Waals surface area contributed by atoms with Gasteiger partial charge in [-0.3, -0.25) is 4.90 Å². The highest BCUT2D eigenvalue weighted by Crippen LogP contribution is 2.15. The number of hydrogen-bond donors (Lipinski definition) is 1. The Balaban J connectivity index is 2.10. The predicted octanol–water partition coefficient (Wildman–Crippen LogP) is 2.27. The monoisotopic (exact) mass is 242 g/mol. The molecule has 102 valence electrons. The zero-order valence-corrected chi connectivity index (χ0v) is 11.9. The molecule has 3 heteroatoms. The van der Waals surface area contributed by atoms with Crippen LogP contribution in [0.15, 0.2) is 0 Å². The third-order valence-electron chi connectivity index (χ3n) is 3.65. The van der Waals surface area contributed by atoms with E-state index in [0.29, 0.717) is 12.1 Å². The molecule has 1 unspecified atom stereocenters. The maximum Gasteiger partial charge on any atom is 0.0599 e. The van der Waals surface area contributed by atoms with Gasteiger partial charge in [-0.2, -0.15) is 0 Å². The fourth-order valence-corrected chi connectivity index (χ4v) is 2.46. The Morgan fingerprint density at radius 3 is 2.59 bits per heavy atom. The van der Waals surface area contributed by atoms with Gasteiger partial charge in [0.05, 0.1) is 6.10 Å². The predicted molar refractivity (Wildman–Crippen MR) is 73.5 cm³/mol. The Bertz CT molecular complexity index is 179. The number of rotatable bonds is 8. The maximum absolute atomic E-state index is 5.68. The summed E-state index contributed by atoms with van der Waals surface area (Å²) in [7, 11) is 0. The molecule has 0 saturated carbocycles. The first-order valence-electron chi connectivity index (χ1n) is 7.34. The van der Waals surface area contributed by atoms with Crippen molar-refractivity contribution >= 4 is 0 Å². The molecule has 1 rings (SSSR count). The Labute approximate surface area is 107 Å². The standard InChI is InChI=1S/C14H30N2O/c1-4-6-9-15-12-13(3)16-10-7-14(8-11-16)17-5-2/h13-15H,4-12H2,1-3H3. The number of piperidine rings is 1. The van der Waals surface area contributed by atoms with Crippen molar-refractivity contribution in [1.82, 2.24) is 10.2 Å². The summed E-state index contributed by atoms with van der Waals surface area (Å²) in [5, 5.41) is 3.55. The summed E-state index contributed by atoms with van der Waals surface area (Å²) in [6.45, 7) is 12.2. The number of nitrogens with one attached hydrogen (secondary N) is 1. The van der Waals surface area contributed by atoms with Crippen LogP contribution in [0.5, 0.6) is 0 Å². The molecule has 1 heterocycles. The Morgan fingerprint density at radius 1 is 1.29 bits per heavy atom. The van der Waals surface area contributed by atoms with Crippen LogP contribution in [-0.4, -0.2) is 49.8 Å². The lowest BCUT2D eigenvalue weighted by Crippen LogP contribution is -2.46. The van der Waals surface area contributed by atoms with Gasteiger partial charge in [0.25, 0.3) is 0 Å². The first kappa shape index (κ1) is 14.9. The van der Waals surface area contributed by atoms with Crippen LogP contribution in [-0.2, 0) is 4.74 Å². The molecule has 0 aliphatic carbocycles. The van der Waals surface area contributed by atoms with Gasteiger partial charge in [0.1, 0.15) is 0 Å². The van der Waals surface area contributed by atoms with E-state index in [-0.39, 0.29) is 0 Å². The lowest BCUT2D eigenvalue weighted by Gasteiger charge is -2.36. The molecule has 1 aliphatic heterocycles. The first-order valence-corrected chi connectivity index (χ1v) is 7.34. The Hall–Kier alpha value is -0.120. The van der Waals surface area contributed by atoms with E-state index < -0.39 is 0 Å². The minimum atomic E-state index is 0.511. The highest BCUT2D eigenvalue weighted by molar-refractivity contribution is 4.77. The topological polar surface area (TPSA) is 24.5 Å². The van der Waals surface area contributed by atoms with Crippen molar-refractivity contribution in [3.8, 4) is 0 Å². The number of ether oxygens (including phenoxy) is 1. The summed E-state index contributed by atoms with van der Waals surface area (Å²) in [5.41, 5.74) is 0. The average molecular weight is 242 g/mol. The van der Waals surface area contributed by atoms with Gasteiger partial charge in [0.15, 0.2) is 0 Å². The summed E-state index contributed by atoms with van der Waals surface area (Å²) >= 11 is 0. The molecule has 3 nitrogen and oxygen atoms in total. The molecule has 17 heavy (non-hydrogen) atoms. The second kappa shape index (κ2) is 8.90. The third kappa shape index (κ3) is 5.84. The summed E-state index contributed by atoms with van der Waals surface area (Å²) in [6, 6.07) is 0.662. The van der Waals surface area contributed by atoms with Crippen LogP contribution in [0.1, 0.15) is 46.5 Å². The molecule has 1 saturated heterocycles. The second-order valence-electron chi connectivity index (χ2n) is 5.10. The van der Waals surface area contributed by atoms with Crippen molar-refractivity contribution < 1.29 is 4.74 Å². The molecule has 1 fully saturated rings. The fraction of sp³-hybridized carbons (Fsp3) is 1.00. The van der Waals surface area contributed by atoms with E-state index in [0.717, 1.165) is 19.7 Å². The second-order valence-corrected chi connectivity index (χ2v) is 5.10. The van der Waals surface area contributed by atoms with Crippen LogP contribution in [0.4, 0.5) is 0 Å². The Morgan fingerprint density at radius 2 is 2.00 bits per heavy atom. The van der Waals surface area contributed by atoms with Crippen LogP contribution in [0, 0.1) is 0 Å². The van der Waals surface area contributed by atoms with Crippen LogP contribution in [0.2, 0.25) is 0 Å². The van der Waals surface area contributed by atoms with Crippen molar-refractivity contribution in [2.45, 2.75) is 58.6 Å². The van der Waals surface area contributed by atoms with Gasteiger partial charge in [-0.15, -0.1) is 0 Å². The Kier molecular flexibility index (Phi) is 7.82. The molecule has 1 N–H and O–H groups in total. The van der Waals surface area contributed by atoms with E-state index in [2.05, 4.69) is 31.0 Å². The summed E-state index contributed by atoms with van der Waals surface area (Å²) in [5.74, 6) is 0. The number of likely N-dealkylation sites (tertiary alicyclic amines) is 1. The molecule has 0 radical (unpaired) electrons. The van der Waals surface area contributed by atoms with Crippen LogP contribution in [0.3, 0.4) is 0 Å².